The molecule has 3 rings (SSSR count). The molecule has 2 aromatic rings. The zero-order valence-corrected chi connectivity index (χ0v) is 15.5. The third-order valence-corrected chi connectivity index (χ3v) is 4.73. The minimum Gasteiger partial charge on any atom is -0.437 e. The van der Waals surface area contributed by atoms with Crippen LogP contribution in [0.25, 0.3) is 0 Å². The maximum atomic E-state index is 13.2. The van der Waals surface area contributed by atoms with Crippen LogP contribution in [0.4, 0.5) is 4.39 Å². The average Bonchev–Trinajstić information content (AvgIpc) is 2.82. The van der Waals surface area contributed by atoms with E-state index in [1.54, 1.807) is 18.3 Å². The molecule has 0 bridgehead atoms. The van der Waals surface area contributed by atoms with Crippen LogP contribution in [0.1, 0.15) is 16.8 Å². The van der Waals surface area contributed by atoms with Crippen LogP contribution in [-0.4, -0.2) is 53.9 Å². The van der Waals surface area contributed by atoms with E-state index in [0.29, 0.717) is 28.9 Å². The average molecular weight is 408 g/mol. The van der Waals surface area contributed by atoms with Gasteiger partial charge in [-0.3, -0.25) is 4.79 Å². The fraction of sp³-hybridized carbons (Fsp3) is 0.333. The molecule has 0 spiro atoms. The Kier molecular flexibility index (Phi) is 5.65. The normalized spacial score (nSPS) is 15.7. The molecule has 0 radical (unpaired) electrons. The number of pyridine rings is 1. The summed E-state index contributed by atoms with van der Waals surface area (Å²) in [6.07, 6.45) is 2.50. The molecule has 1 saturated heterocycles. The maximum absolute atomic E-state index is 13.2. The van der Waals surface area contributed by atoms with Gasteiger partial charge in [-0.2, -0.15) is 0 Å². The number of nitrogens with zero attached hydrogens (tertiary/aromatic N) is 3. The highest BCUT2D eigenvalue weighted by Crippen LogP contribution is 2.31. The third-order valence-electron chi connectivity index (χ3n) is 4.11. The second kappa shape index (κ2) is 7.93. The summed E-state index contributed by atoms with van der Waals surface area (Å²) in [5.74, 6) is 0.157. The predicted octanol–water partition coefficient (Wildman–Crippen LogP) is 3.55. The molecular formula is C18H19BrFN3O2. The second-order valence-electron chi connectivity index (χ2n) is 5.98. The van der Waals surface area contributed by atoms with Gasteiger partial charge in [0.15, 0.2) is 0 Å². The van der Waals surface area contributed by atoms with Crippen LogP contribution < -0.4 is 4.74 Å². The summed E-state index contributed by atoms with van der Waals surface area (Å²) in [6.45, 7) is 3.19. The van der Waals surface area contributed by atoms with Gasteiger partial charge in [0.25, 0.3) is 5.91 Å². The topological polar surface area (TPSA) is 45.7 Å². The minimum absolute atomic E-state index is 0.100. The van der Waals surface area contributed by atoms with Crippen LogP contribution in [0.5, 0.6) is 11.6 Å². The van der Waals surface area contributed by atoms with Crippen molar-refractivity contribution in [3.63, 3.8) is 0 Å². The van der Waals surface area contributed by atoms with Crippen molar-refractivity contribution in [1.29, 1.82) is 0 Å². The molecule has 0 N–H and O–H groups in total. The highest BCUT2D eigenvalue weighted by atomic mass is 79.9. The highest BCUT2D eigenvalue weighted by molar-refractivity contribution is 9.10. The SMILES string of the molecule is CN1CCCN(C(=O)c2cccnc2Oc2ccc(F)cc2Br)CC1. The van der Waals surface area contributed by atoms with Gasteiger partial charge in [0.1, 0.15) is 17.1 Å². The zero-order chi connectivity index (χ0) is 17.8. The molecule has 132 valence electrons. The lowest BCUT2D eigenvalue weighted by atomic mass is 10.2. The first kappa shape index (κ1) is 17.8. The molecule has 0 aliphatic carbocycles. The van der Waals surface area contributed by atoms with Gasteiger partial charge in [-0.1, -0.05) is 0 Å². The van der Waals surface area contributed by atoms with Crippen LogP contribution in [0.2, 0.25) is 0 Å². The summed E-state index contributed by atoms with van der Waals surface area (Å²) in [5.41, 5.74) is 0.406. The second-order valence-corrected chi connectivity index (χ2v) is 6.84. The fourth-order valence-electron chi connectivity index (χ4n) is 2.72. The Morgan fingerprint density at radius 1 is 1.24 bits per heavy atom. The van der Waals surface area contributed by atoms with Gasteiger partial charge >= 0.3 is 0 Å². The van der Waals surface area contributed by atoms with E-state index in [0.717, 1.165) is 19.5 Å². The summed E-state index contributed by atoms with van der Waals surface area (Å²) in [6, 6.07) is 7.53. The lowest BCUT2D eigenvalue weighted by Gasteiger charge is -2.21. The van der Waals surface area contributed by atoms with E-state index in [2.05, 4.69) is 32.9 Å². The van der Waals surface area contributed by atoms with Gasteiger partial charge in [0, 0.05) is 25.8 Å². The van der Waals surface area contributed by atoms with Gasteiger partial charge in [0.2, 0.25) is 5.88 Å². The smallest absolute Gasteiger partial charge is 0.259 e. The van der Waals surface area contributed by atoms with Crippen LogP contribution in [0.15, 0.2) is 41.0 Å². The fourth-order valence-corrected chi connectivity index (χ4v) is 3.15. The number of hydrogen-bond donors (Lipinski definition) is 0. The van der Waals surface area contributed by atoms with E-state index < -0.39 is 0 Å². The predicted molar refractivity (Wildman–Crippen MR) is 96.4 cm³/mol. The van der Waals surface area contributed by atoms with Crippen molar-refractivity contribution >= 4 is 21.8 Å². The largest absolute Gasteiger partial charge is 0.437 e. The zero-order valence-electron chi connectivity index (χ0n) is 13.9. The Morgan fingerprint density at radius 2 is 2.08 bits per heavy atom. The summed E-state index contributed by atoms with van der Waals surface area (Å²) in [5, 5.41) is 0. The first-order valence-corrected chi connectivity index (χ1v) is 8.89. The molecule has 0 saturated carbocycles. The van der Waals surface area contributed by atoms with Crippen molar-refractivity contribution in [2.45, 2.75) is 6.42 Å². The van der Waals surface area contributed by atoms with Crippen LogP contribution >= 0.6 is 15.9 Å². The molecule has 1 fully saturated rings. The third kappa shape index (κ3) is 4.35. The number of amides is 1. The monoisotopic (exact) mass is 407 g/mol. The minimum atomic E-state index is -0.370. The number of rotatable bonds is 3. The van der Waals surface area contributed by atoms with Crippen LogP contribution in [0, 0.1) is 5.82 Å². The van der Waals surface area contributed by atoms with Gasteiger partial charge in [-0.05, 0) is 66.3 Å². The number of hydrogen-bond acceptors (Lipinski definition) is 4. The van der Waals surface area contributed by atoms with Gasteiger partial charge in [0.05, 0.1) is 4.47 Å². The number of carbonyl (C=O) groups excluding carboxylic acids is 1. The Hall–Kier alpha value is -1.99. The molecule has 2 heterocycles. The first-order valence-electron chi connectivity index (χ1n) is 8.10. The molecule has 1 aliphatic heterocycles. The molecule has 1 aromatic carbocycles. The maximum Gasteiger partial charge on any atom is 0.259 e. The first-order chi connectivity index (χ1) is 12.0. The Morgan fingerprint density at radius 3 is 2.88 bits per heavy atom. The Bertz CT molecular complexity index is 772. The standard InChI is InChI=1S/C18H19BrFN3O2/c1-22-8-3-9-23(11-10-22)18(24)14-4-2-7-21-17(14)25-16-6-5-13(20)12-15(16)19/h2,4-7,12H,3,8-11H2,1H3. The lowest BCUT2D eigenvalue weighted by Crippen LogP contribution is -2.34. The van der Waals surface area contributed by atoms with E-state index in [1.807, 2.05) is 4.90 Å². The van der Waals surface area contributed by atoms with E-state index >= 15 is 0 Å². The number of carbonyl (C=O) groups is 1. The van der Waals surface area contributed by atoms with Gasteiger partial charge in [-0.25, -0.2) is 9.37 Å². The van der Waals surface area contributed by atoms with Crippen LogP contribution in [-0.2, 0) is 0 Å². The van der Waals surface area contributed by atoms with Crippen molar-refractivity contribution in [3.8, 4) is 11.6 Å². The lowest BCUT2D eigenvalue weighted by molar-refractivity contribution is 0.0759. The number of aromatic nitrogens is 1. The molecule has 0 unspecified atom stereocenters. The Labute approximate surface area is 154 Å². The van der Waals surface area contributed by atoms with E-state index in [4.69, 9.17) is 4.74 Å². The summed E-state index contributed by atoms with van der Waals surface area (Å²) in [7, 11) is 2.05. The molecule has 5 nitrogen and oxygen atoms in total. The van der Waals surface area contributed by atoms with Gasteiger partial charge in [-0.15, -0.1) is 0 Å². The summed E-state index contributed by atoms with van der Waals surface area (Å²) in [4.78, 5) is 21.2. The molecule has 1 aromatic heterocycles. The number of ether oxygens (including phenoxy) is 1. The molecule has 1 amide bonds. The molecular weight excluding hydrogens is 389 g/mol. The molecule has 7 heteroatoms. The highest BCUT2D eigenvalue weighted by Gasteiger charge is 2.23. The number of likely N-dealkylation sites (N-methyl/N-ethyl adjacent to an activating group) is 1. The van der Waals surface area contributed by atoms with E-state index in [-0.39, 0.29) is 17.6 Å². The van der Waals surface area contributed by atoms with E-state index in [9.17, 15) is 9.18 Å². The van der Waals surface area contributed by atoms with Crippen molar-refractivity contribution in [2.24, 2.45) is 0 Å². The van der Waals surface area contributed by atoms with Gasteiger partial charge < -0.3 is 14.5 Å². The van der Waals surface area contributed by atoms with Crippen molar-refractivity contribution < 1.29 is 13.9 Å². The number of benzene rings is 1. The van der Waals surface area contributed by atoms with Crippen molar-refractivity contribution in [1.82, 2.24) is 14.8 Å². The number of halogens is 2. The summed E-state index contributed by atoms with van der Waals surface area (Å²) >= 11 is 3.27. The van der Waals surface area contributed by atoms with Crippen molar-refractivity contribution in [3.05, 3.63) is 52.4 Å². The molecule has 0 atom stereocenters. The van der Waals surface area contributed by atoms with E-state index in [1.165, 1.54) is 18.2 Å². The Balaban J connectivity index is 1.84. The molecule has 25 heavy (non-hydrogen) atoms. The summed E-state index contributed by atoms with van der Waals surface area (Å²) < 4.78 is 19.5. The van der Waals surface area contributed by atoms with Crippen molar-refractivity contribution in [2.75, 3.05) is 33.2 Å². The van der Waals surface area contributed by atoms with Crippen LogP contribution in [0.3, 0.4) is 0 Å². The molecule has 1 aliphatic rings. The quantitative estimate of drug-likeness (QED) is 0.780.